The van der Waals surface area contributed by atoms with Crippen LogP contribution in [0.2, 0.25) is 0 Å². The molecule has 0 aromatic rings. The number of allylic oxidation sites excluding steroid dienone is 1. The van der Waals surface area contributed by atoms with Crippen molar-refractivity contribution in [3.63, 3.8) is 0 Å². The van der Waals surface area contributed by atoms with Gasteiger partial charge in [0.15, 0.2) is 0 Å². The molecule has 2 saturated carbocycles. The second kappa shape index (κ2) is 2.51. The van der Waals surface area contributed by atoms with Crippen molar-refractivity contribution in [1.82, 2.24) is 5.32 Å². The molecule has 2 unspecified atom stereocenters. The SMILES string of the molecule is C1=CC(C2CC2)C(C2CC2)C[N]1. The van der Waals surface area contributed by atoms with E-state index < -0.39 is 0 Å². The maximum Gasteiger partial charge on any atom is 0.0425 e. The molecule has 1 nitrogen and oxygen atoms in total. The van der Waals surface area contributed by atoms with Gasteiger partial charge in [-0.05, 0) is 49.4 Å². The lowest BCUT2D eigenvalue weighted by molar-refractivity contribution is 0.297. The van der Waals surface area contributed by atoms with E-state index in [-0.39, 0.29) is 0 Å². The summed E-state index contributed by atoms with van der Waals surface area (Å²) in [5.41, 5.74) is 0. The van der Waals surface area contributed by atoms with Crippen LogP contribution in [-0.2, 0) is 0 Å². The first-order valence-corrected chi connectivity index (χ1v) is 5.28. The van der Waals surface area contributed by atoms with Gasteiger partial charge in [-0.15, -0.1) is 0 Å². The molecule has 1 heterocycles. The summed E-state index contributed by atoms with van der Waals surface area (Å²) in [6.45, 7) is 1.13. The van der Waals surface area contributed by atoms with Crippen molar-refractivity contribution < 1.29 is 0 Å². The third kappa shape index (κ3) is 1.16. The van der Waals surface area contributed by atoms with Crippen LogP contribution in [0.5, 0.6) is 0 Å². The Morgan fingerprint density at radius 1 is 1.00 bits per heavy atom. The Balaban J connectivity index is 1.75. The zero-order valence-electron chi connectivity index (χ0n) is 7.45. The van der Waals surface area contributed by atoms with Crippen LogP contribution < -0.4 is 5.32 Å². The van der Waals surface area contributed by atoms with Gasteiger partial charge in [0.05, 0.1) is 0 Å². The van der Waals surface area contributed by atoms with Crippen LogP contribution in [0.4, 0.5) is 0 Å². The molecule has 0 amide bonds. The summed E-state index contributed by atoms with van der Waals surface area (Å²) in [5.74, 6) is 3.93. The lowest BCUT2D eigenvalue weighted by Gasteiger charge is -2.27. The van der Waals surface area contributed by atoms with Crippen LogP contribution in [0.15, 0.2) is 12.3 Å². The number of nitrogens with zero attached hydrogens (tertiary/aromatic N) is 1. The molecular formula is C11H16N. The van der Waals surface area contributed by atoms with Gasteiger partial charge in [-0.25, -0.2) is 0 Å². The van der Waals surface area contributed by atoms with Crippen molar-refractivity contribution in [2.75, 3.05) is 6.54 Å². The lowest BCUT2D eigenvalue weighted by atomic mass is 9.83. The maximum absolute atomic E-state index is 4.40. The Morgan fingerprint density at radius 2 is 1.75 bits per heavy atom. The average molecular weight is 162 g/mol. The first kappa shape index (κ1) is 6.99. The Bertz CT molecular complexity index is 201. The van der Waals surface area contributed by atoms with E-state index in [1.54, 1.807) is 0 Å². The van der Waals surface area contributed by atoms with Gasteiger partial charge < -0.3 is 0 Å². The molecule has 0 aromatic heterocycles. The highest BCUT2D eigenvalue weighted by molar-refractivity contribution is 5.05. The number of rotatable bonds is 2. The van der Waals surface area contributed by atoms with Crippen molar-refractivity contribution in [2.45, 2.75) is 25.7 Å². The molecule has 2 fully saturated rings. The average Bonchev–Trinajstić information content (AvgIpc) is 2.99. The monoisotopic (exact) mass is 162 g/mol. The predicted octanol–water partition coefficient (Wildman–Crippen LogP) is 2.17. The van der Waals surface area contributed by atoms with Gasteiger partial charge >= 0.3 is 0 Å². The zero-order valence-corrected chi connectivity index (χ0v) is 7.45. The topological polar surface area (TPSA) is 14.1 Å². The van der Waals surface area contributed by atoms with E-state index >= 15 is 0 Å². The minimum Gasteiger partial charge on any atom is -0.293 e. The maximum atomic E-state index is 4.40. The van der Waals surface area contributed by atoms with Crippen molar-refractivity contribution in [2.24, 2.45) is 23.7 Å². The van der Waals surface area contributed by atoms with Crippen LogP contribution in [-0.4, -0.2) is 6.54 Å². The fourth-order valence-corrected chi connectivity index (χ4v) is 2.58. The van der Waals surface area contributed by atoms with E-state index in [1.807, 2.05) is 0 Å². The van der Waals surface area contributed by atoms with Crippen molar-refractivity contribution in [3.8, 4) is 0 Å². The van der Waals surface area contributed by atoms with E-state index in [0.29, 0.717) is 0 Å². The van der Waals surface area contributed by atoms with Crippen LogP contribution in [0.3, 0.4) is 0 Å². The molecule has 1 aliphatic heterocycles. The molecule has 65 valence electrons. The molecule has 0 saturated heterocycles. The molecule has 3 rings (SSSR count). The van der Waals surface area contributed by atoms with Crippen LogP contribution >= 0.6 is 0 Å². The fourth-order valence-electron chi connectivity index (χ4n) is 2.58. The Kier molecular flexibility index (Phi) is 1.46. The van der Waals surface area contributed by atoms with E-state index in [1.165, 1.54) is 25.7 Å². The zero-order chi connectivity index (χ0) is 7.97. The Hall–Kier alpha value is -0.460. The second-order valence-corrected chi connectivity index (χ2v) is 4.62. The molecule has 12 heavy (non-hydrogen) atoms. The highest BCUT2D eigenvalue weighted by atomic mass is 14.9. The van der Waals surface area contributed by atoms with Gasteiger partial charge in [0, 0.05) is 12.7 Å². The second-order valence-electron chi connectivity index (χ2n) is 4.62. The molecule has 0 N–H and O–H groups in total. The minimum absolute atomic E-state index is 0.912. The van der Waals surface area contributed by atoms with Crippen LogP contribution in [0, 0.1) is 23.7 Å². The van der Waals surface area contributed by atoms with E-state index in [9.17, 15) is 0 Å². The quantitative estimate of drug-likeness (QED) is 0.591. The summed E-state index contributed by atoms with van der Waals surface area (Å²) in [6, 6.07) is 0. The summed E-state index contributed by atoms with van der Waals surface area (Å²) in [5, 5.41) is 4.40. The van der Waals surface area contributed by atoms with E-state index in [0.717, 1.165) is 30.2 Å². The van der Waals surface area contributed by atoms with Crippen molar-refractivity contribution in [1.29, 1.82) is 0 Å². The third-order valence-corrected chi connectivity index (χ3v) is 3.62. The normalized spacial score (nSPS) is 41.0. The van der Waals surface area contributed by atoms with Gasteiger partial charge in [0.25, 0.3) is 0 Å². The minimum atomic E-state index is 0.912. The predicted molar refractivity (Wildman–Crippen MR) is 48.6 cm³/mol. The molecule has 2 atom stereocenters. The summed E-state index contributed by atoms with van der Waals surface area (Å²) in [7, 11) is 0. The number of hydrogen-bond donors (Lipinski definition) is 0. The fraction of sp³-hybridized carbons (Fsp3) is 0.818. The summed E-state index contributed by atoms with van der Waals surface area (Å²) in [6.07, 6.45) is 10.4. The smallest absolute Gasteiger partial charge is 0.0425 e. The van der Waals surface area contributed by atoms with Crippen LogP contribution in [0.25, 0.3) is 0 Å². The standard InChI is InChI=1S/C11H16N/c1-2-8(1)10-5-6-12-7-11(10)9-3-4-9/h5-6,8-11H,1-4,7H2. The number of hydrogen-bond acceptors (Lipinski definition) is 0. The molecule has 0 aromatic carbocycles. The molecular weight excluding hydrogens is 146 g/mol. The molecule has 0 bridgehead atoms. The summed E-state index contributed by atoms with van der Waals surface area (Å²) >= 11 is 0. The van der Waals surface area contributed by atoms with Gasteiger partial charge in [-0.1, -0.05) is 6.08 Å². The summed E-state index contributed by atoms with van der Waals surface area (Å²) < 4.78 is 0. The van der Waals surface area contributed by atoms with Crippen molar-refractivity contribution in [3.05, 3.63) is 12.3 Å². The van der Waals surface area contributed by atoms with Gasteiger partial charge in [-0.3, -0.25) is 5.32 Å². The van der Waals surface area contributed by atoms with Gasteiger partial charge in [0.1, 0.15) is 0 Å². The summed E-state index contributed by atoms with van der Waals surface area (Å²) in [4.78, 5) is 0. The van der Waals surface area contributed by atoms with Gasteiger partial charge in [-0.2, -0.15) is 0 Å². The molecule has 3 aliphatic rings. The van der Waals surface area contributed by atoms with Crippen molar-refractivity contribution >= 4 is 0 Å². The van der Waals surface area contributed by atoms with Gasteiger partial charge in [0.2, 0.25) is 0 Å². The Labute approximate surface area is 74.2 Å². The lowest BCUT2D eigenvalue weighted by Crippen LogP contribution is -2.28. The third-order valence-electron chi connectivity index (χ3n) is 3.62. The van der Waals surface area contributed by atoms with E-state index in [4.69, 9.17) is 0 Å². The van der Waals surface area contributed by atoms with Crippen LogP contribution in [0.1, 0.15) is 25.7 Å². The highest BCUT2D eigenvalue weighted by Crippen LogP contribution is 2.49. The molecule has 2 aliphatic carbocycles. The largest absolute Gasteiger partial charge is 0.293 e. The first-order valence-electron chi connectivity index (χ1n) is 5.28. The molecule has 1 heteroatoms. The first-order chi connectivity index (χ1) is 5.95. The molecule has 1 radical (unpaired) electrons. The highest BCUT2D eigenvalue weighted by Gasteiger charge is 2.42. The van der Waals surface area contributed by atoms with E-state index in [2.05, 4.69) is 17.6 Å². The Morgan fingerprint density at radius 3 is 2.42 bits per heavy atom. The molecule has 0 spiro atoms.